The molecule has 0 spiro atoms. The number of hydrogen-bond acceptors (Lipinski definition) is 5. The summed E-state index contributed by atoms with van der Waals surface area (Å²) in [6.45, 7) is 2.49. The Labute approximate surface area is 158 Å². The summed E-state index contributed by atoms with van der Waals surface area (Å²) in [4.78, 5) is 12.3. The number of nitrogens with one attached hydrogen (secondary N) is 2. The van der Waals surface area contributed by atoms with Crippen LogP contribution in [-0.2, 0) is 16.1 Å². The van der Waals surface area contributed by atoms with Crippen LogP contribution in [0.3, 0.4) is 0 Å². The van der Waals surface area contributed by atoms with Crippen molar-refractivity contribution in [1.82, 2.24) is 10.6 Å². The zero-order valence-corrected chi connectivity index (χ0v) is 15.6. The number of morpholine rings is 1. The van der Waals surface area contributed by atoms with E-state index >= 15 is 0 Å². The van der Waals surface area contributed by atoms with Gasteiger partial charge in [-0.3, -0.25) is 4.79 Å². The average molecular weight is 395 g/mol. The number of halogens is 3. The maximum Gasteiger partial charge on any atom is 0.387 e. The lowest BCUT2D eigenvalue weighted by Crippen LogP contribution is -2.55. The molecule has 0 aliphatic carbocycles. The van der Waals surface area contributed by atoms with Crippen LogP contribution in [0.1, 0.15) is 25.8 Å². The van der Waals surface area contributed by atoms with Crippen molar-refractivity contribution in [1.29, 1.82) is 0 Å². The van der Waals surface area contributed by atoms with Gasteiger partial charge < -0.3 is 24.8 Å². The predicted molar refractivity (Wildman–Crippen MR) is 95.2 cm³/mol. The molecule has 1 aliphatic heterocycles. The summed E-state index contributed by atoms with van der Waals surface area (Å²) in [6, 6.07) is 4.21. The van der Waals surface area contributed by atoms with E-state index in [2.05, 4.69) is 15.4 Å². The molecule has 1 amide bonds. The van der Waals surface area contributed by atoms with E-state index in [-0.39, 0.29) is 36.7 Å². The number of benzene rings is 1. The van der Waals surface area contributed by atoms with Gasteiger partial charge in [-0.15, -0.1) is 12.4 Å². The van der Waals surface area contributed by atoms with Crippen LogP contribution < -0.4 is 20.1 Å². The Hall–Kier alpha value is -1.64. The lowest BCUT2D eigenvalue weighted by molar-refractivity contribution is -0.129. The summed E-state index contributed by atoms with van der Waals surface area (Å²) in [5.41, 5.74) is 0.446. The third-order valence-corrected chi connectivity index (χ3v) is 3.78. The minimum Gasteiger partial charge on any atom is -0.493 e. The molecule has 0 saturated carbocycles. The van der Waals surface area contributed by atoms with Gasteiger partial charge in [-0.05, 0) is 25.5 Å². The molecule has 2 N–H and O–H groups in total. The zero-order chi connectivity index (χ0) is 18.2. The van der Waals surface area contributed by atoms with E-state index in [4.69, 9.17) is 9.47 Å². The van der Waals surface area contributed by atoms with Crippen LogP contribution in [0.25, 0.3) is 0 Å². The normalized spacial score (nSPS) is 19.6. The lowest BCUT2D eigenvalue weighted by atomic mass is 10.1. The van der Waals surface area contributed by atoms with Crippen LogP contribution in [-0.4, -0.2) is 44.4 Å². The molecule has 1 aliphatic rings. The standard InChI is InChI=1S/C17H24F2N2O4.ClH/c1-3-7-24-13-5-4-12(14(9-13)25-17(18)19)10-21-16(22)15-11(2)23-8-6-20-15;/h4-5,9,11,15,17,20H,3,6-8,10H2,1-2H3,(H,21,22);1H/t11-,15+;/m1./s1. The molecule has 0 bridgehead atoms. The fourth-order valence-electron chi connectivity index (χ4n) is 2.52. The summed E-state index contributed by atoms with van der Waals surface area (Å²) < 4.78 is 40.7. The van der Waals surface area contributed by atoms with Crippen molar-refractivity contribution in [3.05, 3.63) is 23.8 Å². The summed E-state index contributed by atoms with van der Waals surface area (Å²) in [5.74, 6) is 0.190. The highest BCUT2D eigenvalue weighted by Crippen LogP contribution is 2.26. The van der Waals surface area contributed by atoms with Gasteiger partial charge in [0.15, 0.2) is 0 Å². The third kappa shape index (κ3) is 6.59. The van der Waals surface area contributed by atoms with E-state index in [1.54, 1.807) is 12.1 Å². The van der Waals surface area contributed by atoms with Crippen LogP contribution in [0.4, 0.5) is 8.78 Å². The van der Waals surface area contributed by atoms with E-state index < -0.39 is 12.7 Å². The van der Waals surface area contributed by atoms with Crippen molar-refractivity contribution in [2.75, 3.05) is 19.8 Å². The van der Waals surface area contributed by atoms with Gasteiger partial charge in [0, 0.05) is 24.7 Å². The molecule has 2 atom stereocenters. The Balaban J connectivity index is 0.00000338. The van der Waals surface area contributed by atoms with Gasteiger partial charge >= 0.3 is 6.61 Å². The second kappa shape index (κ2) is 11.2. The number of ether oxygens (including phenoxy) is 3. The van der Waals surface area contributed by atoms with Gasteiger partial charge in [-0.25, -0.2) is 0 Å². The smallest absolute Gasteiger partial charge is 0.387 e. The highest BCUT2D eigenvalue weighted by molar-refractivity contribution is 5.85. The summed E-state index contributed by atoms with van der Waals surface area (Å²) >= 11 is 0. The first-order valence-corrected chi connectivity index (χ1v) is 8.34. The molecule has 9 heteroatoms. The van der Waals surface area contributed by atoms with Crippen LogP contribution in [0.15, 0.2) is 18.2 Å². The van der Waals surface area contributed by atoms with Gasteiger partial charge in [0.2, 0.25) is 5.91 Å². The molecule has 0 aromatic heterocycles. The number of rotatable bonds is 8. The summed E-state index contributed by atoms with van der Waals surface area (Å²) in [6.07, 6.45) is 0.549. The highest BCUT2D eigenvalue weighted by atomic mass is 35.5. The Morgan fingerprint density at radius 1 is 1.46 bits per heavy atom. The summed E-state index contributed by atoms with van der Waals surface area (Å²) in [5, 5.41) is 5.80. The van der Waals surface area contributed by atoms with Crippen molar-refractivity contribution in [2.24, 2.45) is 0 Å². The maximum absolute atomic E-state index is 12.6. The van der Waals surface area contributed by atoms with Gasteiger partial charge in [-0.1, -0.05) is 6.92 Å². The number of amides is 1. The average Bonchev–Trinajstić information content (AvgIpc) is 2.58. The van der Waals surface area contributed by atoms with Crippen LogP contribution in [0.2, 0.25) is 0 Å². The molecular weight excluding hydrogens is 370 g/mol. The van der Waals surface area contributed by atoms with Crippen molar-refractivity contribution in [2.45, 2.75) is 45.6 Å². The van der Waals surface area contributed by atoms with Crippen molar-refractivity contribution < 1.29 is 27.8 Å². The van der Waals surface area contributed by atoms with Crippen LogP contribution >= 0.6 is 12.4 Å². The number of carbonyl (C=O) groups excluding carboxylic acids is 1. The second-order valence-electron chi connectivity index (χ2n) is 5.72. The van der Waals surface area contributed by atoms with Crippen molar-refractivity contribution >= 4 is 18.3 Å². The molecule has 1 heterocycles. The molecule has 0 unspecified atom stereocenters. The van der Waals surface area contributed by atoms with Crippen LogP contribution in [0.5, 0.6) is 11.5 Å². The van der Waals surface area contributed by atoms with E-state index in [1.807, 2.05) is 13.8 Å². The third-order valence-electron chi connectivity index (χ3n) is 3.78. The quantitative estimate of drug-likeness (QED) is 0.709. The Morgan fingerprint density at radius 2 is 2.23 bits per heavy atom. The molecule has 1 saturated heterocycles. The number of alkyl halides is 2. The molecule has 0 radical (unpaired) electrons. The largest absolute Gasteiger partial charge is 0.493 e. The number of hydrogen-bond donors (Lipinski definition) is 2. The fourth-order valence-corrected chi connectivity index (χ4v) is 2.52. The molecule has 1 aromatic rings. The first kappa shape index (κ1) is 22.4. The lowest BCUT2D eigenvalue weighted by Gasteiger charge is -2.29. The Morgan fingerprint density at radius 3 is 2.88 bits per heavy atom. The van der Waals surface area contributed by atoms with Gasteiger partial charge in [-0.2, -0.15) is 8.78 Å². The molecule has 2 rings (SSSR count). The highest BCUT2D eigenvalue weighted by Gasteiger charge is 2.28. The molecule has 26 heavy (non-hydrogen) atoms. The molecular formula is C17H25ClF2N2O4. The molecule has 148 valence electrons. The predicted octanol–water partition coefficient (Wildman–Crippen LogP) is 2.49. The first-order valence-electron chi connectivity index (χ1n) is 8.34. The Bertz CT molecular complexity index is 578. The summed E-state index contributed by atoms with van der Waals surface area (Å²) in [7, 11) is 0. The van der Waals surface area contributed by atoms with Gasteiger partial charge in [0.1, 0.15) is 17.5 Å². The van der Waals surface area contributed by atoms with E-state index in [1.165, 1.54) is 6.07 Å². The van der Waals surface area contributed by atoms with Gasteiger partial charge in [0.05, 0.1) is 19.3 Å². The number of carbonyl (C=O) groups is 1. The maximum atomic E-state index is 12.6. The van der Waals surface area contributed by atoms with E-state index in [9.17, 15) is 13.6 Å². The topological polar surface area (TPSA) is 68.8 Å². The fraction of sp³-hybridized carbons (Fsp3) is 0.588. The van der Waals surface area contributed by atoms with Crippen molar-refractivity contribution in [3.8, 4) is 11.5 Å². The monoisotopic (exact) mass is 394 g/mol. The van der Waals surface area contributed by atoms with Gasteiger partial charge in [0.25, 0.3) is 0 Å². The second-order valence-corrected chi connectivity index (χ2v) is 5.72. The SMILES string of the molecule is CCCOc1ccc(CNC(=O)[C@H]2NCCO[C@@H]2C)c(OC(F)F)c1.Cl. The zero-order valence-electron chi connectivity index (χ0n) is 14.8. The molecule has 1 aromatic carbocycles. The minimum absolute atomic E-state index is 0. The van der Waals surface area contributed by atoms with Crippen molar-refractivity contribution in [3.63, 3.8) is 0 Å². The molecule has 1 fully saturated rings. The first-order chi connectivity index (χ1) is 12.0. The minimum atomic E-state index is -2.95. The Kier molecular flexibility index (Phi) is 9.61. The van der Waals surface area contributed by atoms with E-state index in [0.717, 1.165) is 6.42 Å². The van der Waals surface area contributed by atoms with Crippen LogP contribution in [0, 0.1) is 0 Å². The molecule has 6 nitrogen and oxygen atoms in total. The van der Waals surface area contributed by atoms with E-state index in [0.29, 0.717) is 31.1 Å².